The number of carbonyl (C=O) groups excluding carboxylic acids is 1. The van der Waals surface area contributed by atoms with Crippen LogP contribution in [-0.2, 0) is 15.6 Å². The molecule has 1 fully saturated rings. The molecule has 1 aliphatic rings. The topological polar surface area (TPSA) is 66.5 Å². The molecule has 2 aromatic rings. The van der Waals surface area contributed by atoms with E-state index >= 15 is 0 Å². The van der Waals surface area contributed by atoms with Crippen LogP contribution < -0.4 is 10.2 Å². The maximum atomic E-state index is 12.7. The molecule has 1 saturated heterocycles. The van der Waals surface area contributed by atoms with Gasteiger partial charge in [0.05, 0.1) is 17.1 Å². The molecule has 1 amide bonds. The van der Waals surface area contributed by atoms with Crippen LogP contribution in [0, 0.1) is 0 Å². The average Bonchev–Trinajstić information content (AvgIpc) is 2.62. The summed E-state index contributed by atoms with van der Waals surface area (Å²) in [5.41, 5.74) is 2.89. The van der Waals surface area contributed by atoms with Gasteiger partial charge >= 0.3 is 0 Å². The largest absolute Gasteiger partial charge is 0.370 e. The minimum Gasteiger partial charge on any atom is -0.370 e. The third kappa shape index (κ3) is 4.85. The van der Waals surface area contributed by atoms with E-state index in [-0.39, 0.29) is 11.7 Å². The van der Waals surface area contributed by atoms with Crippen molar-refractivity contribution in [3.05, 3.63) is 59.7 Å². The number of benzene rings is 2. The van der Waals surface area contributed by atoms with E-state index in [4.69, 9.17) is 0 Å². The van der Waals surface area contributed by atoms with Crippen LogP contribution in [0.5, 0.6) is 0 Å². The Morgan fingerprint density at radius 3 is 2.50 bits per heavy atom. The molecule has 2 aromatic carbocycles. The average molecular weight is 372 g/mol. The van der Waals surface area contributed by atoms with Gasteiger partial charge in [-0.05, 0) is 49.1 Å². The van der Waals surface area contributed by atoms with E-state index < -0.39 is 9.84 Å². The normalized spacial score (nSPS) is 14.9. The highest BCUT2D eigenvalue weighted by atomic mass is 32.2. The minimum atomic E-state index is -3.14. The van der Waals surface area contributed by atoms with E-state index in [0.717, 1.165) is 37.3 Å². The molecule has 6 heteroatoms. The fourth-order valence-corrected chi connectivity index (χ4v) is 4.07. The summed E-state index contributed by atoms with van der Waals surface area (Å²) in [6.45, 7) is 1.99. The summed E-state index contributed by atoms with van der Waals surface area (Å²) in [4.78, 5) is 15.0. The van der Waals surface area contributed by atoms with Crippen LogP contribution in [0.3, 0.4) is 0 Å². The Kier molecular flexibility index (Phi) is 5.61. The van der Waals surface area contributed by atoms with Crippen molar-refractivity contribution < 1.29 is 13.2 Å². The first-order valence-corrected chi connectivity index (χ1v) is 10.9. The molecule has 0 saturated carbocycles. The van der Waals surface area contributed by atoms with Gasteiger partial charge in [0.15, 0.2) is 9.84 Å². The van der Waals surface area contributed by atoms with Crippen LogP contribution >= 0.6 is 0 Å². The maximum absolute atomic E-state index is 12.7. The van der Waals surface area contributed by atoms with Crippen LogP contribution in [-0.4, -0.2) is 33.7 Å². The van der Waals surface area contributed by atoms with Crippen molar-refractivity contribution in [2.75, 3.05) is 29.6 Å². The summed E-state index contributed by atoms with van der Waals surface area (Å²) in [7, 11) is -3.14. The molecule has 1 heterocycles. The molecule has 0 aliphatic carbocycles. The van der Waals surface area contributed by atoms with Crippen LogP contribution in [0.1, 0.15) is 35.2 Å². The molecule has 138 valence electrons. The van der Waals surface area contributed by atoms with Gasteiger partial charge in [-0.25, -0.2) is 8.42 Å². The molecule has 0 aromatic heterocycles. The number of carbonyl (C=O) groups is 1. The van der Waals surface area contributed by atoms with E-state index in [1.54, 1.807) is 24.3 Å². The van der Waals surface area contributed by atoms with E-state index in [2.05, 4.69) is 10.2 Å². The van der Waals surface area contributed by atoms with Crippen LogP contribution in [0.25, 0.3) is 0 Å². The van der Waals surface area contributed by atoms with Gasteiger partial charge in [-0.1, -0.05) is 24.3 Å². The summed E-state index contributed by atoms with van der Waals surface area (Å²) >= 11 is 0. The lowest BCUT2D eigenvalue weighted by atomic mass is 10.1. The Morgan fingerprint density at radius 1 is 1.04 bits per heavy atom. The first-order chi connectivity index (χ1) is 12.4. The summed E-state index contributed by atoms with van der Waals surface area (Å²) in [6, 6.07) is 14.6. The zero-order valence-corrected chi connectivity index (χ0v) is 15.8. The van der Waals surface area contributed by atoms with Crippen molar-refractivity contribution in [2.45, 2.75) is 25.0 Å². The molecular formula is C20H24N2O3S. The Labute approximate surface area is 154 Å². The lowest BCUT2D eigenvalue weighted by Gasteiger charge is -2.30. The lowest BCUT2D eigenvalue weighted by molar-refractivity contribution is 0.102. The number of nitrogens with zero attached hydrogens (tertiary/aromatic N) is 1. The first-order valence-electron chi connectivity index (χ1n) is 8.84. The van der Waals surface area contributed by atoms with Crippen molar-refractivity contribution in [3.8, 4) is 0 Å². The number of hydrogen-bond donors (Lipinski definition) is 1. The minimum absolute atomic E-state index is 0.0709. The van der Waals surface area contributed by atoms with Gasteiger partial charge in [-0.3, -0.25) is 4.79 Å². The van der Waals surface area contributed by atoms with Crippen molar-refractivity contribution in [1.82, 2.24) is 0 Å². The molecule has 26 heavy (non-hydrogen) atoms. The molecule has 0 radical (unpaired) electrons. The lowest BCUT2D eigenvalue weighted by Crippen LogP contribution is -2.30. The summed E-state index contributed by atoms with van der Waals surface area (Å²) in [5.74, 6) is -0.303. The smallest absolute Gasteiger partial charge is 0.255 e. The Balaban J connectivity index is 1.79. The number of amides is 1. The van der Waals surface area contributed by atoms with Crippen molar-refractivity contribution >= 4 is 27.1 Å². The quantitative estimate of drug-likeness (QED) is 0.873. The molecule has 5 nitrogen and oxygen atoms in total. The highest BCUT2D eigenvalue weighted by Crippen LogP contribution is 2.28. The van der Waals surface area contributed by atoms with Crippen molar-refractivity contribution in [3.63, 3.8) is 0 Å². The number of hydrogen-bond acceptors (Lipinski definition) is 4. The standard InChI is InChI=1S/C20H24N2O3S/c1-26(24,25)15-16-8-7-9-17(14-16)20(23)21-18-10-3-4-11-19(18)22-12-5-2-6-13-22/h3-4,7-11,14H,2,5-6,12-13,15H2,1H3,(H,21,23). The van der Waals surface area contributed by atoms with Crippen LogP contribution in [0.15, 0.2) is 48.5 Å². The molecule has 0 atom stereocenters. The number of nitrogens with one attached hydrogen (secondary N) is 1. The van der Waals surface area contributed by atoms with Crippen molar-refractivity contribution in [2.24, 2.45) is 0 Å². The SMILES string of the molecule is CS(=O)(=O)Cc1cccc(C(=O)Nc2ccccc2N2CCCCC2)c1. The first kappa shape index (κ1) is 18.5. The second-order valence-corrected chi connectivity index (χ2v) is 8.93. The Morgan fingerprint density at radius 2 is 1.77 bits per heavy atom. The van der Waals surface area contributed by atoms with E-state index in [1.165, 1.54) is 12.7 Å². The van der Waals surface area contributed by atoms with Gasteiger partial charge in [0.2, 0.25) is 0 Å². The molecule has 1 N–H and O–H groups in total. The second kappa shape index (κ2) is 7.91. The Bertz CT molecular complexity index is 887. The van der Waals surface area contributed by atoms with Gasteiger partial charge in [0, 0.05) is 24.9 Å². The predicted molar refractivity (Wildman–Crippen MR) is 105 cm³/mol. The van der Waals surface area contributed by atoms with Gasteiger partial charge in [-0.2, -0.15) is 0 Å². The van der Waals surface area contributed by atoms with Crippen molar-refractivity contribution in [1.29, 1.82) is 0 Å². The molecule has 3 rings (SSSR count). The second-order valence-electron chi connectivity index (χ2n) is 6.79. The monoisotopic (exact) mass is 372 g/mol. The van der Waals surface area contributed by atoms with E-state index in [0.29, 0.717) is 11.1 Å². The summed E-state index contributed by atoms with van der Waals surface area (Å²) in [5, 5.41) is 2.98. The zero-order chi connectivity index (χ0) is 18.6. The number of rotatable bonds is 5. The van der Waals surface area contributed by atoms with Crippen LogP contribution in [0.4, 0.5) is 11.4 Å². The highest BCUT2D eigenvalue weighted by Gasteiger charge is 2.16. The van der Waals surface area contributed by atoms with Gasteiger partial charge < -0.3 is 10.2 Å². The fraction of sp³-hybridized carbons (Fsp3) is 0.350. The molecule has 0 spiro atoms. The third-order valence-electron chi connectivity index (χ3n) is 4.47. The molecular weight excluding hydrogens is 348 g/mol. The number of para-hydroxylation sites is 2. The number of anilines is 2. The molecule has 0 bridgehead atoms. The highest BCUT2D eigenvalue weighted by molar-refractivity contribution is 7.89. The summed E-state index contributed by atoms with van der Waals surface area (Å²) < 4.78 is 23.0. The third-order valence-corrected chi connectivity index (χ3v) is 5.32. The van der Waals surface area contributed by atoms with E-state index in [9.17, 15) is 13.2 Å². The number of sulfone groups is 1. The van der Waals surface area contributed by atoms with Gasteiger partial charge in [0.25, 0.3) is 5.91 Å². The Hall–Kier alpha value is -2.34. The van der Waals surface area contributed by atoms with E-state index in [1.807, 2.05) is 24.3 Å². The maximum Gasteiger partial charge on any atom is 0.255 e. The fourth-order valence-electron chi connectivity index (χ4n) is 3.29. The number of piperidine rings is 1. The molecule has 1 aliphatic heterocycles. The zero-order valence-electron chi connectivity index (χ0n) is 14.9. The van der Waals surface area contributed by atoms with Gasteiger partial charge in [-0.15, -0.1) is 0 Å². The predicted octanol–water partition coefficient (Wildman–Crippen LogP) is 3.47. The van der Waals surface area contributed by atoms with Gasteiger partial charge in [0.1, 0.15) is 0 Å². The van der Waals surface area contributed by atoms with Crippen LogP contribution in [0.2, 0.25) is 0 Å². The summed E-state index contributed by atoms with van der Waals surface area (Å²) in [6.07, 6.45) is 4.76. The molecule has 0 unspecified atom stereocenters.